The number of halogens is 1. The highest BCUT2D eigenvalue weighted by atomic mass is 35.5. The molecule has 1 rings (SSSR count). The van der Waals surface area contributed by atoms with E-state index in [0.717, 1.165) is 5.56 Å². The predicted octanol–water partition coefficient (Wildman–Crippen LogP) is 2.15. The van der Waals surface area contributed by atoms with Crippen molar-refractivity contribution in [1.82, 2.24) is 0 Å². The summed E-state index contributed by atoms with van der Waals surface area (Å²) in [5.41, 5.74) is 6.50. The molecule has 0 bridgehead atoms. The van der Waals surface area contributed by atoms with Crippen molar-refractivity contribution < 1.29 is 19.3 Å². The molecule has 0 aromatic heterocycles. The van der Waals surface area contributed by atoms with Gasteiger partial charge >= 0.3 is 0 Å². The van der Waals surface area contributed by atoms with E-state index >= 15 is 0 Å². The lowest BCUT2D eigenvalue weighted by atomic mass is 9.81. The quantitative estimate of drug-likeness (QED) is 0.842. The van der Waals surface area contributed by atoms with Crippen LogP contribution in [-0.4, -0.2) is 33.0 Å². The van der Waals surface area contributed by atoms with Crippen LogP contribution in [0.2, 0.25) is 0 Å². The topological polar surface area (TPSA) is 73.9 Å². The first-order chi connectivity index (χ1) is 8.91. The molecule has 0 aliphatic carbocycles. The third kappa shape index (κ3) is 3.69. The van der Waals surface area contributed by atoms with Crippen LogP contribution in [0.1, 0.15) is 25.5 Å². The van der Waals surface area contributed by atoms with Gasteiger partial charge in [0.2, 0.25) is 0 Å². The first-order valence-corrected chi connectivity index (χ1v) is 6.07. The van der Waals surface area contributed by atoms with Crippen LogP contribution < -0.4 is 19.9 Å². The molecule has 0 fully saturated rings. The van der Waals surface area contributed by atoms with E-state index in [1.165, 1.54) is 0 Å². The molecule has 0 amide bonds. The number of hydrogen-bond donors (Lipinski definition) is 2. The van der Waals surface area contributed by atoms with Gasteiger partial charge in [0.05, 0.1) is 26.9 Å². The van der Waals surface area contributed by atoms with Gasteiger partial charge in [-0.05, 0) is 0 Å². The fourth-order valence-corrected chi connectivity index (χ4v) is 1.83. The van der Waals surface area contributed by atoms with Crippen LogP contribution in [0.3, 0.4) is 0 Å². The van der Waals surface area contributed by atoms with Crippen LogP contribution in [0.25, 0.3) is 0 Å². The number of ether oxygens (including phenoxy) is 3. The number of methoxy groups -OCH3 is 3. The summed E-state index contributed by atoms with van der Waals surface area (Å²) < 4.78 is 15.9. The van der Waals surface area contributed by atoms with E-state index in [1.54, 1.807) is 33.5 Å². The van der Waals surface area contributed by atoms with E-state index in [4.69, 9.17) is 19.9 Å². The molecule has 1 aromatic carbocycles. The Morgan fingerprint density at radius 1 is 1.10 bits per heavy atom. The van der Waals surface area contributed by atoms with Crippen LogP contribution in [0.5, 0.6) is 17.2 Å². The Morgan fingerprint density at radius 3 is 1.85 bits per heavy atom. The van der Waals surface area contributed by atoms with Gasteiger partial charge < -0.3 is 25.1 Å². The van der Waals surface area contributed by atoms with Crippen molar-refractivity contribution in [3.8, 4) is 17.2 Å². The van der Waals surface area contributed by atoms with Gasteiger partial charge in [-0.2, -0.15) is 0 Å². The Hall–Kier alpha value is -1.17. The lowest BCUT2D eigenvalue weighted by Crippen LogP contribution is -2.33. The van der Waals surface area contributed by atoms with E-state index in [2.05, 4.69) is 0 Å². The molecule has 0 radical (unpaired) electrons. The lowest BCUT2D eigenvalue weighted by Gasteiger charge is -2.31. The van der Waals surface area contributed by atoms with Crippen molar-refractivity contribution in [1.29, 1.82) is 0 Å². The highest BCUT2D eigenvalue weighted by Crippen LogP contribution is 2.43. The molecule has 0 aliphatic rings. The third-order valence-corrected chi connectivity index (χ3v) is 3.31. The summed E-state index contributed by atoms with van der Waals surface area (Å²) in [4.78, 5) is 0. The number of rotatable bonds is 6. The van der Waals surface area contributed by atoms with E-state index in [0.29, 0.717) is 17.2 Å². The van der Waals surface area contributed by atoms with E-state index in [1.807, 2.05) is 13.8 Å². The zero-order chi connectivity index (χ0) is 14.6. The minimum absolute atomic E-state index is 0. The molecule has 6 heteroatoms. The minimum atomic E-state index is -0.491. The Labute approximate surface area is 126 Å². The fraction of sp³-hybridized carbons (Fsp3) is 0.571. The number of aliphatic hydroxyl groups excluding tert-OH is 1. The molecule has 0 spiro atoms. The van der Waals surface area contributed by atoms with E-state index in [-0.39, 0.29) is 19.0 Å². The number of hydrogen-bond acceptors (Lipinski definition) is 5. The summed E-state index contributed by atoms with van der Waals surface area (Å²) in [7, 11) is 4.71. The summed E-state index contributed by atoms with van der Waals surface area (Å²) in [6.07, 6.45) is 0. The molecule has 3 N–H and O–H groups in total. The van der Waals surface area contributed by atoms with Gasteiger partial charge in [0.15, 0.2) is 0 Å². The summed E-state index contributed by atoms with van der Waals surface area (Å²) in [5.74, 6) is 1.81. The first kappa shape index (κ1) is 18.8. The van der Waals surface area contributed by atoms with Gasteiger partial charge in [-0.1, -0.05) is 13.8 Å². The molecule has 5 nitrogen and oxygen atoms in total. The number of nitrogens with two attached hydrogens (primary N) is 1. The van der Waals surface area contributed by atoms with Crippen LogP contribution >= 0.6 is 12.4 Å². The first-order valence-electron chi connectivity index (χ1n) is 6.07. The molecule has 0 heterocycles. The van der Waals surface area contributed by atoms with Gasteiger partial charge in [0.25, 0.3) is 0 Å². The Bertz CT molecular complexity index is 412. The number of benzene rings is 1. The molecular formula is C14H24ClNO4. The Kier molecular flexibility index (Phi) is 7.13. The van der Waals surface area contributed by atoms with Crippen LogP contribution in [0, 0.1) is 5.41 Å². The summed E-state index contributed by atoms with van der Waals surface area (Å²) in [5, 5.41) is 9.47. The van der Waals surface area contributed by atoms with Gasteiger partial charge in [0, 0.05) is 30.2 Å². The zero-order valence-corrected chi connectivity index (χ0v) is 13.4. The maximum Gasteiger partial charge on any atom is 0.131 e. The van der Waals surface area contributed by atoms with Crippen molar-refractivity contribution in [2.75, 3.05) is 27.9 Å². The van der Waals surface area contributed by atoms with Crippen LogP contribution in [-0.2, 0) is 0 Å². The minimum Gasteiger partial charge on any atom is -0.496 e. The van der Waals surface area contributed by atoms with Gasteiger partial charge in [-0.15, -0.1) is 12.4 Å². The third-order valence-electron chi connectivity index (χ3n) is 3.31. The molecule has 0 aliphatic heterocycles. The second-order valence-electron chi connectivity index (χ2n) is 5.07. The molecule has 0 saturated carbocycles. The normalized spacial score (nSPS) is 12.3. The van der Waals surface area contributed by atoms with Crippen LogP contribution in [0.4, 0.5) is 0 Å². The van der Waals surface area contributed by atoms with Gasteiger partial charge in [-0.25, -0.2) is 0 Å². The highest BCUT2D eigenvalue weighted by molar-refractivity contribution is 5.85. The smallest absolute Gasteiger partial charge is 0.131 e. The van der Waals surface area contributed by atoms with Crippen molar-refractivity contribution >= 4 is 12.4 Å². The summed E-state index contributed by atoms with van der Waals surface area (Å²) >= 11 is 0. The maximum absolute atomic E-state index is 9.47. The van der Waals surface area contributed by atoms with Crippen molar-refractivity contribution in [2.24, 2.45) is 11.1 Å². The van der Waals surface area contributed by atoms with E-state index < -0.39 is 11.5 Å². The number of aliphatic hydroxyl groups is 1. The van der Waals surface area contributed by atoms with Crippen molar-refractivity contribution in [3.63, 3.8) is 0 Å². The fourth-order valence-electron chi connectivity index (χ4n) is 1.83. The zero-order valence-electron chi connectivity index (χ0n) is 12.6. The molecule has 116 valence electrons. The monoisotopic (exact) mass is 305 g/mol. The Morgan fingerprint density at radius 2 is 1.55 bits per heavy atom. The predicted molar refractivity (Wildman–Crippen MR) is 81.1 cm³/mol. The summed E-state index contributed by atoms with van der Waals surface area (Å²) in [6, 6.07) is 3.09. The second kappa shape index (κ2) is 7.57. The van der Waals surface area contributed by atoms with E-state index in [9.17, 15) is 5.11 Å². The SMILES string of the molecule is COc1cc(OC)c([C@@H](N)C(C)(C)CO)c(OC)c1.Cl. The van der Waals surface area contributed by atoms with Gasteiger partial charge in [0.1, 0.15) is 17.2 Å². The molecule has 20 heavy (non-hydrogen) atoms. The molecule has 0 saturated heterocycles. The largest absolute Gasteiger partial charge is 0.496 e. The highest BCUT2D eigenvalue weighted by Gasteiger charge is 2.32. The van der Waals surface area contributed by atoms with Crippen LogP contribution in [0.15, 0.2) is 12.1 Å². The molecular weight excluding hydrogens is 282 g/mol. The standard InChI is InChI=1S/C14H23NO4.ClH/c1-14(2,8-16)13(15)12-10(18-4)6-9(17-3)7-11(12)19-5;/h6-7,13,16H,8,15H2,1-5H3;1H/t13-;/m1./s1. The summed E-state index contributed by atoms with van der Waals surface area (Å²) in [6.45, 7) is 3.74. The Balaban J connectivity index is 0.00000361. The lowest BCUT2D eigenvalue weighted by molar-refractivity contribution is 0.129. The molecule has 1 aromatic rings. The van der Waals surface area contributed by atoms with Crippen molar-refractivity contribution in [2.45, 2.75) is 19.9 Å². The maximum atomic E-state index is 9.47. The second-order valence-corrected chi connectivity index (χ2v) is 5.07. The van der Waals surface area contributed by atoms with Gasteiger partial charge in [-0.3, -0.25) is 0 Å². The van der Waals surface area contributed by atoms with Crippen molar-refractivity contribution in [3.05, 3.63) is 17.7 Å². The average Bonchev–Trinajstić information content (AvgIpc) is 2.44. The average molecular weight is 306 g/mol. The molecule has 0 unspecified atom stereocenters. The molecule has 1 atom stereocenters.